The van der Waals surface area contributed by atoms with Gasteiger partial charge in [0, 0.05) is 18.4 Å². The minimum absolute atomic E-state index is 0.0775. The average Bonchev–Trinajstić information content (AvgIpc) is 2.41. The second-order valence-electron chi connectivity index (χ2n) is 4.52. The van der Waals surface area contributed by atoms with Crippen molar-refractivity contribution < 1.29 is 22.8 Å². The number of hydrogen-bond donors (Lipinski definition) is 0. The highest BCUT2D eigenvalue weighted by Gasteiger charge is 2.34. The molecule has 0 radical (unpaired) electrons. The summed E-state index contributed by atoms with van der Waals surface area (Å²) in [6, 6.07) is 5.29. The Morgan fingerprint density at radius 2 is 1.70 bits per heavy atom. The number of hydrogen-bond acceptors (Lipinski definition) is 5. The number of carbonyl (C=O) groups excluding carboxylic acids is 3. The largest absolute Gasteiger partial charge is 0.298 e. The van der Waals surface area contributed by atoms with Crippen LogP contribution < -0.4 is 0 Å². The molecule has 0 bridgehead atoms. The molecule has 6 nitrogen and oxygen atoms in total. The zero-order valence-electron chi connectivity index (χ0n) is 10.8. The van der Waals surface area contributed by atoms with Gasteiger partial charge in [-0.2, -0.15) is 0 Å². The number of piperidine rings is 1. The van der Waals surface area contributed by atoms with Crippen molar-refractivity contribution in [1.29, 1.82) is 0 Å². The standard InChI is InChI=1S/C13H13NO5S/c1-9(15)10-2-5-12(6-3-10)20(18,19)14-8-11(16)4-7-13(14)17/h2-3,5-6H,4,7-8H2,1H3. The Bertz CT molecular complexity index is 675. The van der Waals surface area contributed by atoms with E-state index in [1.807, 2.05) is 0 Å². The molecule has 2 rings (SSSR count). The van der Waals surface area contributed by atoms with Crippen LogP contribution in [0, 0.1) is 0 Å². The Kier molecular flexibility index (Phi) is 3.71. The van der Waals surface area contributed by atoms with Gasteiger partial charge in [0.15, 0.2) is 11.6 Å². The Morgan fingerprint density at radius 1 is 1.10 bits per heavy atom. The smallest absolute Gasteiger partial charge is 0.266 e. The molecule has 0 saturated carbocycles. The molecule has 0 N–H and O–H groups in total. The van der Waals surface area contributed by atoms with Crippen LogP contribution in [0.2, 0.25) is 0 Å². The molecule has 1 aliphatic heterocycles. The van der Waals surface area contributed by atoms with E-state index in [4.69, 9.17) is 0 Å². The van der Waals surface area contributed by atoms with Crippen LogP contribution in [-0.2, 0) is 19.6 Å². The van der Waals surface area contributed by atoms with Crippen LogP contribution >= 0.6 is 0 Å². The number of benzene rings is 1. The lowest BCUT2D eigenvalue weighted by Crippen LogP contribution is -2.44. The summed E-state index contributed by atoms with van der Waals surface area (Å²) in [5.74, 6) is -1.05. The molecular formula is C13H13NO5S. The molecule has 1 aliphatic rings. The molecule has 0 aromatic heterocycles. The van der Waals surface area contributed by atoms with Crippen molar-refractivity contribution in [2.24, 2.45) is 0 Å². The van der Waals surface area contributed by atoms with Crippen LogP contribution in [0.25, 0.3) is 0 Å². The topological polar surface area (TPSA) is 88.6 Å². The van der Waals surface area contributed by atoms with Gasteiger partial charge in [0.05, 0.1) is 11.4 Å². The Morgan fingerprint density at radius 3 is 2.25 bits per heavy atom. The number of ketones is 2. The molecule has 1 fully saturated rings. The van der Waals surface area contributed by atoms with E-state index in [2.05, 4.69) is 0 Å². The molecule has 20 heavy (non-hydrogen) atoms. The van der Waals surface area contributed by atoms with E-state index in [0.29, 0.717) is 9.87 Å². The van der Waals surface area contributed by atoms with Crippen molar-refractivity contribution in [3.63, 3.8) is 0 Å². The first-order valence-electron chi connectivity index (χ1n) is 6.00. The fraction of sp³-hybridized carbons (Fsp3) is 0.308. The summed E-state index contributed by atoms with van der Waals surface area (Å²) >= 11 is 0. The van der Waals surface area contributed by atoms with Gasteiger partial charge in [0.1, 0.15) is 0 Å². The lowest BCUT2D eigenvalue weighted by molar-refractivity contribution is -0.135. The lowest BCUT2D eigenvalue weighted by atomic mass is 10.1. The summed E-state index contributed by atoms with van der Waals surface area (Å²) in [7, 11) is -4.03. The van der Waals surface area contributed by atoms with E-state index >= 15 is 0 Å². The molecule has 1 aromatic carbocycles. The zero-order valence-corrected chi connectivity index (χ0v) is 11.6. The molecular weight excluding hydrogens is 282 g/mol. The van der Waals surface area contributed by atoms with Crippen molar-refractivity contribution >= 4 is 27.5 Å². The van der Waals surface area contributed by atoms with Crippen molar-refractivity contribution in [2.45, 2.75) is 24.7 Å². The predicted molar refractivity (Wildman–Crippen MR) is 69.6 cm³/mol. The highest BCUT2D eigenvalue weighted by molar-refractivity contribution is 7.89. The lowest BCUT2D eigenvalue weighted by Gasteiger charge is -2.25. The summed E-state index contributed by atoms with van der Waals surface area (Å²) in [6.45, 7) is 0.950. The van der Waals surface area contributed by atoms with Crippen molar-refractivity contribution in [1.82, 2.24) is 4.31 Å². The molecule has 7 heteroatoms. The van der Waals surface area contributed by atoms with Gasteiger partial charge >= 0.3 is 0 Å². The monoisotopic (exact) mass is 295 g/mol. The molecule has 0 aliphatic carbocycles. The van der Waals surface area contributed by atoms with Gasteiger partial charge in [0.25, 0.3) is 10.0 Å². The Hall–Kier alpha value is -2.02. The van der Waals surface area contributed by atoms with Crippen LogP contribution in [-0.4, -0.2) is 36.7 Å². The van der Waals surface area contributed by atoms with Crippen LogP contribution in [0.15, 0.2) is 29.2 Å². The maximum Gasteiger partial charge on any atom is 0.266 e. The molecule has 1 saturated heterocycles. The van der Waals surface area contributed by atoms with Gasteiger partial charge in [-0.15, -0.1) is 0 Å². The summed E-state index contributed by atoms with van der Waals surface area (Å²) in [6.07, 6.45) is -0.0162. The van der Waals surface area contributed by atoms with Gasteiger partial charge < -0.3 is 0 Å². The summed E-state index contributed by atoms with van der Waals surface area (Å²) in [5.41, 5.74) is 0.380. The fourth-order valence-electron chi connectivity index (χ4n) is 1.91. The Labute approximate surface area is 116 Å². The van der Waals surface area contributed by atoms with Crippen molar-refractivity contribution in [3.05, 3.63) is 29.8 Å². The number of nitrogens with zero attached hydrogens (tertiary/aromatic N) is 1. The van der Waals surface area contributed by atoms with Gasteiger partial charge in [-0.05, 0) is 19.1 Å². The van der Waals surface area contributed by atoms with Crippen LogP contribution in [0.1, 0.15) is 30.1 Å². The first-order valence-corrected chi connectivity index (χ1v) is 7.44. The van der Waals surface area contributed by atoms with Crippen LogP contribution in [0.3, 0.4) is 0 Å². The number of rotatable bonds is 3. The van der Waals surface area contributed by atoms with Crippen LogP contribution in [0.4, 0.5) is 0 Å². The fourth-order valence-corrected chi connectivity index (χ4v) is 3.31. The second-order valence-corrected chi connectivity index (χ2v) is 6.39. The third-order valence-corrected chi connectivity index (χ3v) is 4.85. The molecule has 1 amide bonds. The van der Waals surface area contributed by atoms with Crippen molar-refractivity contribution in [3.8, 4) is 0 Å². The van der Waals surface area contributed by atoms with E-state index in [0.717, 1.165) is 0 Å². The maximum absolute atomic E-state index is 12.3. The van der Waals surface area contributed by atoms with E-state index in [-0.39, 0.29) is 29.3 Å². The average molecular weight is 295 g/mol. The van der Waals surface area contributed by atoms with E-state index in [1.165, 1.54) is 31.2 Å². The van der Waals surface area contributed by atoms with Gasteiger partial charge in [-0.3, -0.25) is 14.4 Å². The number of sulfonamides is 1. The van der Waals surface area contributed by atoms with Crippen LogP contribution in [0.5, 0.6) is 0 Å². The highest BCUT2D eigenvalue weighted by atomic mass is 32.2. The quantitative estimate of drug-likeness (QED) is 0.768. The molecule has 0 atom stereocenters. The Balaban J connectivity index is 2.36. The minimum Gasteiger partial charge on any atom is -0.298 e. The summed E-state index contributed by atoms with van der Waals surface area (Å²) in [5, 5.41) is 0. The molecule has 0 unspecified atom stereocenters. The van der Waals surface area contributed by atoms with Gasteiger partial charge in [-0.1, -0.05) is 12.1 Å². The second kappa shape index (κ2) is 5.16. The number of amides is 1. The molecule has 1 heterocycles. The summed E-state index contributed by atoms with van der Waals surface area (Å²) < 4.78 is 25.2. The molecule has 0 spiro atoms. The van der Waals surface area contributed by atoms with E-state index < -0.39 is 22.5 Å². The normalized spacial score (nSPS) is 16.4. The maximum atomic E-state index is 12.3. The first-order chi connectivity index (χ1) is 9.32. The predicted octanol–water partition coefficient (Wildman–Crippen LogP) is 0.769. The molecule has 106 valence electrons. The minimum atomic E-state index is -4.03. The zero-order chi connectivity index (χ0) is 14.9. The van der Waals surface area contributed by atoms with Crippen molar-refractivity contribution in [2.75, 3.05) is 6.54 Å². The third-order valence-electron chi connectivity index (χ3n) is 3.06. The van der Waals surface area contributed by atoms with Gasteiger partial charge in [-0.25, -0.2) is 12.7 Å². The van der Waals surface area contributed by atoms with E-state index in [9.17, 15) is 22.8 Å². The highest BCUT2D eigenvalue weighted by Crippen LogP contribution is 2.20. The first kappa shape index (κ1) is 14.4. The number of carbonyl (C=O) groups is 3. The SMILES string of the molecule is CC(=O)c1ccc(S(=O)(=O)N2CC(=O)CCC2=O)cc1. The number of Topliss-reactive ketones (excluding diaryl/α,β-unsaturated/α-hetero) is 2. The van der Waals surface area contributed by atoms with Gasteiger partial charge in [0.2, 0.25) is 5.91 Å². The summed E-state index contributed by atoms with van der Waals surface area (Å²) in [4.78, 5) is 34.1. The molecule has 1 aromatic rings. The third kappa shape index (κ3) is 2.62. The van der Waals surface area contributed by atoms with E-state index in [1.54, 1.807) is 0 Å².